The topological polar surface area (TPSA) is 51.2 Å². The van der Waals surface area contributed by atoms with Crippen molar-refractivity contribution < 1.29 is 9.53 Å². The van der Waals surface area contributed by atoms with Crippen molar-refractivity contribution in [3.05, 3.63) is 18.3 Å². The molecule has 0 spiro atoms. The molecule has 0 aliphatic heterocycles. The zero-order valence-corrected chi connectivity index (χ0v) is 9.63. The van der Waals surface area contributed by atoms with Crippen molar-refractivity contribution in [2.24, 2.45) is 0 Å². The summed E-state index contributed by atoms with van der Waals surface area (Å²) in [5.41, 5.74) is 0.696. The molecule has 1 aromatic heterocycles. The molecule has 1 amide bonds. The third-order valence-corrected chi connectivity index (χ3v) is 2.37. The van der Waals surface area contributed by atoms with Gasteiger partial charge in [-0.3, -0.25) is 4.79 Å². The van der Waals surface area contributed by atoms with Crippen LogP contribution in [0.2, 0.25) is 0 Å². The molecule has 0 unspecified atom stereocenters. The summed E-state index contributed by atoms with van der Waals surface area (Å²) in [6, 6.07) is 3.48. The summed E-state index contributed by atoms with van der Waals surface area (Å²) in [4.78, 5) is 15.3. The van der Waals surface area contributed by atoms with Crippen LogP contribution in [0.1, 0.15) is 6.42 Å². The van der Waals surface area contributed by atoms with Crippen LogP contribution in [0.3, 0.4) is 0 Å². The number of nitrogens with zero attached hydrogens (tertiary/aromatic N) is 1. The van der Waals surface area contributed by atoms with Gasteiger partial charge in [0.1, 0.15) is 0 Å². The third-order valence-electron chi connectivity index (χ3n) is 1.76. The lowest BCUT2D eigenvalue weighted by molar-refractivity contribution is -0.115. The minimum Gasteiger partial charge on any atom is -0.481 e. The van der Waals surface area contributed by atoms with Gasteiger partial charge < -0.3 is 10.1 Å². The molecular weight excluding hydrogens is 212 g/mol. The SMILES string of the molecule is COc1ccc(NC(=O)CCSC)cn1. The van der Waals surface area contributed by atoms with Crippen LogP contribution in [0.4, 0.5) is 5.69 Å². The second-order valence-corrected chi connectivity index (χ2v) is 3.87. The highest BCUT2D eigenvalue weighted by molar-refractivity contribution is 7.98. The van der Waals surface area contributed by atoms with Gasteiger partial charge in [0.15, 0.2) is 0 Å². The van der Waals surface area contributed by atoms with E-state index in [0.717, 1.165) is 5.75 Å². The first-order valence-electron chi connectivity index (χ1n) is 4.55. The number of carbonyl (C=O) groups excluding carboxylic acids is 1. The Balaban J connectivity index is 2.46. The molecule has 5 heteroatoms. The second kappa shape index (κ2) is 6.29. The lowest BCUT2D eigenvalue weighted by atomic mass is 10.4. The van der Waals surface area contributed by atoms with Gasteiger partial charge in [-0.05, 0) is 12.3 Å². The van der Waals surface area contributed by atoms with Crippen LogP contribution in [-0.4, -0.2) is 30.0 Å². The van der Waals surface area contributed by atoms with Gasteiger partial charge in [0.05, 0.1) is 19.0 Å². The van der Waals surface area contributed by atoms with Crippen LogP contribution >= 0.6 is 11.8 Å². The Morgan fingerprint density at radius 1 is 1.60 bits per heavy atom. The monoisotopic (exact) mass is 226 g/mol. The van der Waals surface area contributed by atoms with Gasteiger partial charge in [-0.2, -0.15) is 11.8 Å². The number of ether oxygens (including phenoxy) is 1. The number of aromatic nitrogens is 1. The largest absolute Gasteiger partial charge is 0.481 e. The maximum atomic E-state index is 11.3. The van der Waals surface area contributed by atoms with Crippen molar-refractivity contribution in [2.75, 3.05) is 24.4 Å². The first-order valence-corrected chi connectivity index (χ1v) is 5.94. The number of amides is 1. The van der Waals surface area contributed by atoms with Gasteiger partial charge in [0.2, 0.25) is 11.8 Å². The molecule has 1 rings (SSSR count). The van der Waals surface area contributed by atoms with Gasteiger partial charge in [0.25, 0.3) is 0 Å². The molecule has 4 nitrogen and oxygen atoms in total. The highest BCUT2D eigenvalue weighted by Gasteiger charge is 2.01. The fourth-order valence-electron chi connectivity index (χ4n) is 0.993. The van der Waals surface area contributed by atoms with E-state index in [0.29, 0.717) is 18.0 Å². The quantitative estimate of drug-likeness (QED) is 0.831. The number of hydrogen-bond acceptors (Lipinski definition) is 4. The predicted molar refractivity (Wildman–Crippen MR) is 62.4 cm³/mol. The van der Waals surface area contributed by atoms with Crippen molar-refractivity contribution in [1.29, 1.82) is 0 Å². The van der Waals surface area contributed by atoms with Crippen LogP contribution in [0.5, 0.6) is 5.88 Å². The highest BCUT2D eigenvalue weighted by atomic mass is 32.2. The number of carbonyl (C=O) groups is 1. The van der Waals surface area contributed by atoms with Crippen LogP contribution < -0.4 is 10.1 Å². The Bertz CT molecular complexity index is 314. The molecule has 82 valence electrons. The molecule has 1 heterocycles. The highest BCUT2D eigenvalue weighted by Crippen LogP contribution is 2.11. The van der Waals surface area contributed by atoms with Crippen molar-refractivity contribution in [2.45, 2.75) is 6.42 Å². The van der Waals surface area contributed by atoms with Crippen LogP contribution in [0.15, 0.2) is 18.3 Å². The zero-order chi connectivity index (χ0) is 11.1. The summed E-state index contributed by atoms with van der Waals surface area (Å²) in [6.07, 6.45) is 4.07. The first kappa shape index (κ1) is 11.8. The maximum Gasteiger partial charge on any atom is 0.225 e. The van der Waals surface area contributed by atoms with Crippen molar-refractivity contribution >= 4 is 23.4 Å². The Hall–Kier alpha value is -1.23. The number of rotatable bonds is 5. The fourth-order valence-corrected chi connectivity index (χ4v) is 1.38. The van der Waals surface area contributed by atoms with Gasteiger partial charge in [0, 0.05) is 18.2 Å². The van der Waals surface area contributed by atoms with Crippen molar-refractivity contribution in [1.82, 2.24) is 4.98 Å². The van der Waals surface area contributed by atoms with Crippen LogP contribution in [0, 0.1) is 0 Å². The lowest BCUT2D eigenvalue weighted by Crippen LogP contribution is -2.12. The summed E-state index contributed by atoms with van der Waals surface area (Å²) in [5.74, 6) is 1.38. The predicted octanol–water partition coefficient (Wildman–Crippen LogP) is 1.78. The standard InChI is InChI=1S/C10H14N2O2S/c1-14-10-4-3-8(7-11-10)12-9(13)5-6-15-2/h3-4,7H,5-6H2,1-2H3,(H,12,13). The summed E-state index contributed by atoms with van der Waals surface area (Å²) in [7, 11) is 1.55. The number of anilines is 1. The molecule has 0 fully saturated rings. The first-order chi connectivity index (χ1) is 7.26. The summed E-state index contributed by atoms with van der Waals surface area (Å²) < 4.78 is 4.91. The molecule has 0 saturated heterocycles. The second-order valence-electron chi connectivity index (χ2n) is 2.88. The van der Waals surface area contributed by atoms with E-state index in [2.05, 4.69) is 10.3 Å². The number of nitrogens with one attached hydrogen (secondary N) is 1. The van der Waals surface area contributed by atoms with E-state index in [1.807, 2.05) is 6.26 Å². The fraction of sp³-hybridized carbons (Fsp3) is 0.400. The summed E-state index contributed by atoms with van der Waals surface area (Å²) in [5, 5.41) is 2.76. The summed E-state index contributed by atoms with van der Waals surface area (Å²) in [6.45, 7) is 0. The van der Waals surface area contributed by atoms with E-state index >= 15 is 0 Å². The third kappa shape index (κ3) is 4.20. The number of methoxy groups -OCH3 is 1. The Labute approximate surface area is 93.4 Å². The van der Waals surface area contributed by atoms with Crippen LogP contribution in [0.25, 0.3) is 0 Å². The van der Waals surface area contributed by atoms with E-state index in [1.165, 1.54) is 0 Å². The lowest BCUT2D eigenvalue weighted by Gasteiger charge is -2.04. The molecule has 0 aromatic carbocycles. The average molecular weight is 226 g/mol. The van der Waals surface area contributed by atoms with E-state index in [1.54, 1.807) is 37.2 Å². The van der Waals surface area contributed by atoms with Gasteiger partial charge >= 0.3 is 0 Å². The molecule has 1 aromatic rings. The maximum absolute atomic E-state index is 11.3. The van der Waals surface area contributed by atoms with Gasteiger partial charge in [-0.15, -0.1) is 0 Å². The average Bonchev–Trinajstić information content (AvgIpc) is 2.27. The minimum absolute atomic E-state index is 0.0105. The van der Waals surface area contributed by atoms with Gasteiger partial charge in [-0.25, -0.2) is 4.98 Å². The Morgan fingerprint density at radius 2 is 2.40 bits per heavy atom. The smallest absolute Gasteiger partial charge is 0.225 e. The molecule has 1 N–H and O–H groups in total. The zero-order valence-electron chi connectivity index (χ0n) is 8.82. The molecule has 0 aliphatic rings. The Morgan fingerprint density at radius 3 is 2.93 bits per heavy atom. The molecular formula is C10H14N2O2S. The summed E-state index contributed by atoms with van der Waals surface area (Å²) >= 11 is 1.65. The number of hydrogen-bond donors (Lipinski definition) is 1. The van der Waals surface area contributed by atoms with E-state index < -0.39 is 0 Å². The van der Waals surface area contributed by atoms with Crippen LogP contribution in [-0.2, 0) is 4.79 Å². The van der Waals surface area contributed by atoms with Gasteiger partial charge in [-0.1, -0.05) is 0 Å². The van der Waals surface area contributed by atoms with E-state index in [4.69, 9.17) is 4.74 Å². The van der Waals surface area contributed by atoms with E-state index in [-0.39, 0.29) is 5.91 Å². The molecule has 15 heavy (non-hydrogen) atoms. The van der Waals surface area contributed by atoms with Crippen molar-refractivity contribution in [3.63, 3.8) is 0 Å². The van der Waals surface area contributed by atoms with Crippen molar-refractivity contribution in [3.8, 4) is 5.88 Å². The minimum atomic E-state index is 0.0105. The number of pyridine rings is 1. The molecule has 0 bridgehead atoms. The van der Waals surface area contributed by atoms with E-state index in [9.17, 15) is 4.79 Å². The molecule has 0 aliphatic carbocycles. The number of thioether (sulfide) groups is 1. The molecule has 0 radical (unpaired) electrons. The molecule has 0 saturated carbocycles. The Kier molecular flexibility index (Phi) is 4.97. The molecule has 0 atom stereocenters. The normalized spacial score (nSPS) is 9.73.